The molecule has 2 fully saturated rings. The lowest BCUT2D eigenvalue weighted by Crippen LogP contribution is -2.44. The lowest BCUT2D eigenvalue weighted by atomic mass is 9.90. The molecular formula is C58H72O6Si. The van der Waals surface area contributed by atoms with Crippen molar-refractivity contribution in [2.75, 3.05) is 6.61 Å². The van der Waals surface area contributed by atoms with Crippen LogP contribution in [0.4, 0.5) is 0 Å². The number of benzene rings is 6. The highest BCUT2D eigenvalue weighted by atomic mass is 28.4. The Morgan fingerprint density at radius 2 is 1.23 bits per heavy atom. The predicted molar refractivity (Wildman–Crippen MR) is 269 cm³/mol. The van der Waals surface area contributed by atoms with Crippen molar-refractivity contribution >= 4 is 40.6 Å². The summed E-state index contributed by atoms with van der Waals surface area (Å²) in [4.78, 5) is 0. The second kappa shape index (κ2) is 21.1. The van der Waals surface area contributed by atoms with Crippen molar-refractivity contribution in [2.45, 2.75) is 148 Å². The molecule has 8 rings (SSSR count). The van der Waals surface area contributed by atoms with Gasteiger partial charge >= 0.3 is 0 Å². The van der Waals surface area contributed by atoms with Crippen LogP contribution in [-0.4, -0.2) is 51.5 Å². The van der Waals surface area contributed by atoms with E-state index in [-0.39, 0.29) is 41.7 Å². The maximum absolute atomic E-state index is 7.02. The first-order chi connectivity index (χ1) is 31.3. The molecular weight excluding hydrogens is 821 g/mol. The first kappa shape index (κ1) is 47.2. The van der Waals surface area contributed by atoms with Gasteiger partial charge in [0.1, 0.15) is 18.0 Å². The minimum Gasteiger partial charge on any atom is -0.490 e. The van der Waals surface area contributed by atoms with Gasteiger partial charge in [0.15, 0.2) is 8.32 Å². The molecule has 6 aromatic rings. The average Bonchev–Trinajstić information content (AvgIpc) is 3.60. The molecule has 6 aromatic carbocycles. The van der Waals surface area contributed by atoms with Crippen molar-refractivity contribution in [3.05, 3.63) is 156 Å². The Bertz CT molecular complexity index is 2510. The highest BCUT2D eigenvalue weighted by molar-refractivity contribution is 6.74. The van der Waals surface area contributed by atoms with Gasteiger partial charge in [0.2, 0.25) is 0 Å². The molecule has 0 saturated carbocycles. The van der Waals surface area contributed by atoms with E-state index >= 15 is 0 Å². The Morgan fingerprint density at radius 3 is 1.80 bits per heavy atom. The summed E-state index contributed by atoms with van der Waals surface area (Å²) in [7, 11) is -2.11. The molecule has 6 nitrogen and oxygen atoms in total. The molecule has 2 saturated heterocycles. The Hall–Kier alpha value is -4.34. The van der Waals surface area contributed by atoms with Crippen LogP contribution in [0.5, 0.6) is 0 Å². The molecule has 2 heterocycles. The number of hydrogen-bond acceptors (Lipinski definition) is 6. The van der Waals surface area contributed by atoms with Crippen LogP contribution in [0.15, 0.2) is 140 Å². The lowest BCUT2D eigenvalue weighted by molar-refractivity contribution is -0.0941. The van der Waals surface area contributed by atoms with Crippen LogP contribution in [0.3, 0.4) is 0 Å². The monoisotopic (exact) mass is 893 g/mol. The van der Waals surface area contributed by atoms with E-state index < -0.39 is 8.32 Å². The van der Waals surface area contributed by atoms with E-state index in [2.05, 4.69) is 182 Å². The smallest absolute Gasteiger partial charge is 0.193 e. The van der Waals surface area contributed by atoms with Crippen molar-refractivity contribution < 1.29 is 28.1 Å². The van der Waals surface area contributed by atoms with E-state index in [1.165, 1.54) is 37.9 Å². The summed E-state index contributed by atoms with van der Waals surface area (Å²) in [5.41, 5.74) is 3.51. The minimum absolute atomic E-state index is 0.0609. The van der Waals surface area contributed by atoms with Crippen LogP contribution in [0.2, 0.25) is 18.1 Å². The molecule has 7 heteroatoms. The second-order valence-corrected chi connectivity index (χ2v) is 25.4. The molecule has 0 N–H and O–H groups in total. The number of rotatable bonds is 18. The van der Waals surface area contributed by atoms with Gasteiger partial charge in [-0.15, -0.1) is 0 Å². The zero-order chi connectivity index (χ0) is 45.6. The van der Waals surface area contributed by atoms with Gasteiger partial charge in [-0.2, -0.15) is 0 Å². The first-order valence-corrected chi connectivity index (χ1v) is 27.1. The molecule has 0 spiro atoms. The van der Waals surface area contributed by atoms with E-state index in [1.807, 2.05) is 0 Å². The van der Waals surface area contributed by atoms with Crippen LogP contribution in [0.1, 0.15) is 89.8 Å². The fourth-order valence-electron chi connectivity index (χ4n) is 9.67. The zero-order valence-electron chi connectivity index (χ0n) is 40.0. The molecule has 65 heavy (non-hydrogen) atoms. The topological polar surface area (TPSA) is 55.4 Å². The third-order valence-corrected chi connectivity index (χ3v) is 19.0. The quantitative estimate of drug-likeness (QED) is 0.0633. The number of ether oxygens (including phenoxy) is 5. The normalized spacial score (nSPS) is 22.8. The van der Waals surface area contributed by atoms with Gasteiger partial charge in [0, 0.05) is 13.0 Å². The van der Waals surface area contributed by atoms with Gasteiger partial charge in [-0.1, -0.05) is 150 Å². The largest absolute Gasteiger partial charge is 0.490 e. The third-order valence-electron chi connectivity index (χ3n) is 14.5. The van der Waals surface area contributed by atoms with E-state index in [0.29, 0.717) is 50.4 Å². The van der Waals surface area contributed by atoms with Crippen molar-refractivity contribution in [2.24, 2.45) is 11.8 Å². The zero-order valence-corrected chi connectivity index (χ0v) is 41.0. The molecule has 0 bridgehead atoms. The van der Waals surface area contributed by atoms with E-state index in [1.54, 1.807) is 0 Å². The molecule has 0 aliphatic carbocycles. The van der Waals surface area contributed by atoms with Crippen LogP contribution in [0, 0.1) is 11.8 Å². The van der Waals surface area contributed by atoms with Crippen molar-refractivity contribution in [3.8, 4) is 0 Å². The van der Waals surface area contributed by atoms with Gasteiger partial charge in [0.25, 0.3) is 0 Å². The standard InChI is InChI=1S/C58H72O6Si/c1-40(29-30-59-37-43-21-24-46-15-9-12-18-49(46)32-43)57-41(2)31-53(63-57)35-52(60-38-44-22-25-47-16-10-13-19-50(47)33-44)36-56-55(61-39-45-23-26-48-17-11-14-20-51(48)34-45)28-27-54(42(3)62-56)64-65(7,8)58(4,5)6/h9-26,32-34,40-41,52-57H,3,27-31,35-39H2,1-2,4-8H3/t40-,41+,52+,53-,54+,55-,56+,57+/m0/s1. The van der Waals surface area contributed by atoms with Gasteiger partial charge in [-0.05, 0) is 129 Å². The van der Waals surface area contributed by atoms with Crippen molar-refractivity contribution in [1.82, 2.24) is 0 Å². The van der Waals surface area contributed by atoms with Gasteiger partial charge < -0.3 is 28.1 Å². The summed E-state index contributed by atoms with van der Waals surface area (Å²) in [6, 6.07) is 45.3. The fraction of sp³-hybridized carbons (Fsp3) is 0.448. The Kier molecular flexibility index (Phi) is 15.3. The van der Waals surface area contributed by atoms with Crippen LogP contribution >= 0.6 is 0 Å². The summed E-state index contributed by atoms with van der Waals surface area (Å²) in [5, 5.41) is 7.45. The Balaban J connectivity index is 0.969. The fourth-order valence-corrected chi connectivity index (χ4v) is 11.0. The third kappa shape index (κ3) is 12.2. The maximum Gasteiger partial charge on any atom is 0.193 e. The van der Waals surface area contributed by atoms with Crippen molar-refractivity contribution in [3.63, 3.8) is 0 Å². The van der Waals surface area contributed by atoms with E-state index in [9.17, 15) is 0 Å². The lowest BCUT2D eigenvalue weighted by Gasteiger charge is -2.39. The summed E-state index contributed by atoms with van der Waals surface area (Å²) in [5.74, 6) is 1.49. The highest BCUT2D eigenvalue weighted by Crippen LogP contribution is 2.41. The molecule has 0 amide bonds. The van der Waals surface area contributed by atoms with Gasteiger partial charge in [-0.3, -0.25) is 0 Å². The molecule has 2 aliphatic heterocycles. The average molecular weight is 893 g/mol. The van der Waals surface area contributed by atoms with Crippen LogP contribution in [-0.2, 0) is 47.9 Å². The Morgan fingerprint density at radius 1 is 0.692 bits per heavy atom. The summed E-state index contributed by atoms with van der Waals surface area (Å²) < 4.78 is 41.2. The molecule has 0 radical (unpaired) electrons. The predicted octanol–water partition coefficient (Wildman–Crippen LogP) is 14.5. The molecule has 2 aliphatic rings. The van der Waals surface area contributed by atoms with Crippen LogP contribution in [0.25, 0.3) is 32.3 Å². The molecule has 344 valence electrons. The Labute approximate surface area is 389 Å². The minimum atomic E-state index is -2.11. The number of fused-ring (bicyclic) bond motifs is 3. The summed E-state index contributed by atoms with van der Waals surface area (Å²) >= 11 is 0. The SMILES string of the molecule is C=C1O[C@H](C[C@@H](C[C@@H]2C[C@@H](C)[C@@H]([C@@H](C)CCOCc3ccc4ccccc4c3)O2)OCc2ccc3ccccc3c2)[C@@H](OCc2ccc3ccccc3c2)CC[C@H]1O[Si](C)(C)C(C)(C)C. The summed E-state index contributed by atoms with van der Waals surface area (Å²) in [6.07, 6.45) is 4.40. The molecule has 0 unspecified atom stereocenters. The number of hydrogen-bond donors (Lipinski definition) is 0. The summed E-state index contributed by atoms with van der Waals surface area (Å²) in [6.45, 7) is 23.0. The molecule has 0 aromatic heterocycles. The van der Waals surface area contributed by atoms with E-state index in [4.69, 9.17) is 28.1 Å². The van der Waals surface area contributed by atoms with Crippen LogP contribution < -0.4 is 0 Å². The van der Waals surface area contributed by atoms with Crippen molar-refractivity contribution in [1.29, 1.82) is 0 Å². The van der Waals surface area contributed by atoms with Gasteiger partial charge in [0.05, 0.1) is 44.2 Å². The molecule has 8 atom stereocenters. The maximum atomic E-state index is 7.02. The van der Waals surface area contributed by atoms with Gasteiger partial charge in [-0.25, -0.2) is 0 Å². The first-order valence-electron chi connectivity index (χ1n) is 24.2. The second-order valence-electron chi connectivity index (χ2n) is 20.6. The van der Waals surface area contributed by atoms with E-state index in [0.717, 1.165) is 43.2 Å². The highest BCUT2D eigenvalue weighted by Gasteiger charge is 2.43.